The van der Waals surface area contributed by atoms with Crippen molar-refractivity contribution in [2.45, 2.75) is 12.1 Å². The van der Waals surface area contributed by atoms with Crippen molar-refractivity contribution in [3.8, 4) is 0 Å². The fourth-order valence-electron chi connectivity index (χ4n) is 1.81. The number of hydrogen-bond acceptors (Lipinski definition) is 1. The molecule has 0 aliphatic carbocycles. The van der Waals surface area contributed by atoms with E-state index < -0.39 is 17.8 Å². The second-order valence-corrected chi connectivity index (χ2v) is 4.06. The molecule has 1 fully saturated rings. The first kappa shape index (κ1) is 11.8. The summed E-state index contributed by atoms with van der Waals surface area (Å²) in [7, 11) is 0. The van der Waals surface area contributed by atoms with Gasteiger partial charge >= 0.3 is 12.2 Å². The number of primary amides is 1. The second-order valence-electron chi connectivity index (χ2n) is 4.06. The van der Waals surface area contributed by atoms with Crippen LogP contribution < -0.4 is 5.73 Å². The van der Waals surface area contributed by atoms with Gasteiger partial charge < -0.3 is 10.6 Å². The zero-order valence-corrected chi connectivity index (χ0v) is 8.87. The van der Waals surface area contributed by atoms with Gasteiger partial charge in [0.15, 0.2) is 0 Å². The van der Waals surface area contributed by atoms with Gasteiger partial charge in [0, 0.05) is 19.0 Å². The lowest BCUT2D eigenvalue weighted by atomic mass is 9.91. The number of benzene rings is 1. The van der Waals surface area contributed by atoms with Crippen molar-refractivity contribution in [3.63, 3.8) is 0 Å². The Balaban J connectivity index is 2.03. The standard InChI is InChI=1S/C11H11F3N2O/c12-11(13,14)9-3-1-7(2-4-9)8-5-16(6-8)10(15)17/h1-4,8H,5-6H2,(H2,15,17). The Morgan fingerprint density at radius 1 is 1.24 bits per heavy atom. The first-order valence-corrected chi connectivity index (χ1v) is 5.09. The first-order valence-electron chi connectivity index (χ1n) is 5.09. The predicted octanol–water partition coefficient (Wildman–Crippen LogP) is 2.18. The van der Waals surface area contributed by atoms with E-state index in [1.165, 1.54) is 17.0 Å². The molecule has 0 radical (unpaired) electrons. The molecule has 92 valence electrons. The van der Waals surface area contributed by atoms with Crippen LogP contribution in [0.15, 0.2) is 24.3 Å². The van der Waals surface area contributed by atoms with Gasteiger partial charge in [0.1, 0.15) is 0 Å². The smallest absolute Gasteiger partial charge is 0.351 e. The molecule has 1 aliphatic rings. The zero-order valence-electron chi connectivity index (χ0n) is 8.87. The van der Waals surface area contributed by atoms with E-state index in [1.54, 1.807) is 0 Å². The van der Waals surface area contributed by atoms with Gasteiger partial charge in [-0.05, 0) is 17.7 Å². The number of carbonyl (C=O) groups is 1. The minimum Gasteiger partial charge on any atom is -0.351 e. The molecule has 17 heavy (non-hydrogen) atoms. The summed E-state index contributed by atoms with van der Waals surface area (Å²) in [5.41, 5.74) is 5.20. The number of rotatable bonds is 1. The molecular formula is C11H11F3N2O. The summed E-state index contributed by atoms with van der Waals surface area (Å²) < 4.78 is 36.9. The minimum atomic E-state index is -4.31. The van der Waals surface area contributed by atoms with Crippen LogP contribution in [0, 0.1) is 0 Å². The molecule has 1 heterocycles. The molecule has 0 saturated carbocycles. The molecule has 2 amide bonds. The SMILES string of the molecule is NC(=O)N1CC(c2ccc(C(F)(F)F)cc2)C1. The molecule has 0 aromatic heterocycles. The fourth-order valence-corrected chi connectivity index (χ4v) is 1.81. The van der Waals surface area contributed by atoms with Gasteiger partial charge in [0.05, 0.1) is 5.56 Å². The highest BCUT2D eigenvalue weighted by atomic mass is 19.4. The molecule has 2 N–H and O–H groups in total. The van der Waals surface area contributed by atoms with Gasteiger partial charge in [-0.3, -0.25) is 0 Å². The number of hydrogen-bond donors (Lipinski definition) is 1. The number of nitrogens with zero attached hydrogens (tertiary/aromatic N) is 1. The largest absolute Gasteiger partial charge is 0.416 e. The fraction of sp³-hybridized carbons (Fsp3) is 0.364. The molecule has 2 rings (SSSR count). The van der Waals surface area contributed by atoms with Gasteiger partial charge in [-0.25, -0.2) is 4.79 Å². The molecule has 3 nitrogen and oxygen atoms in total. The lowest BCUT2D eigenvalue weighted by Gasteiger charge is -2.38. The van der Waals surface area contributed by atoms with Crippen LogP contribution in [0.2, 0.25) is 0 Å². The van der Waals surface area contributed by atoms with Crippen LogP contribution in [0.3, 0.4) is 0 Å². The number of halogens is 3. The number of likely N-dealkylation sites (tertiary alicyclic amines) is 1. The van der Waals surface area contributed by atoms with Crippen molar-refractivity contribution in [2.24, 2.45) is 5.73 Å². The van der Waals surface area contributed by atoms with Crippen LogP contribution in [0.25, 0.3) is 0 Å². The third-order valence-electron chi connectivity index (χ3n) is 2.90. The van der Waals surface area contributed by atoms with Crippen LogP contribution >= 0.6 is 0 Å². The maximum Gasteiger partial charge on any atom is 0.416 e. The lowest BCUT2D eigenvalue weighted by molar-refractivity contribution is -0.137. The summed E-state index contributed by atoms with van der Waals surface area (Å²) in [6.45, 7) is 0.946. The Hall–Kier alpha value is -1.72. The average molecular weight is 244 g/mol. The summed E-state index contributed by atoms with van der Waals surface area (Å²) in [6.07, 6.45) is -4.31. The van der Waals surface area contributed by atoms with Crippen molar-refractivity contribution < 1.29 is 18.0 Å². The quantitative estimate of drug-likeness (QED) is 0.808. The van der Waals surface area contributed by atoms with E-state index >= 15 is 0 Å². The zero-order chi connectivity index (χ0) is 12.6. The van der Waals surface area contributed by atoms with E-state index in [-0.39, 0.29) is 5.92 Å². The minimum absolute atomic E-state index is 0.0878. The van der Waals surface area contributed by atoms with Gasteiger partial charge in [0.25, 0.3) is 0 Å². The molecule has 0 unspecified atom stereocenters. The summed E-state index contributed by atoms with van der Waals surface area (Å²) in [5.74, 6) is 0.0878. The highest BCUT2D eigenvalue weighted by Gasteiger charge is 2.33. The number of nitrogens with two attached hydrogens (primary N) is 1. The van der Waals surface area contributed by atoms with Crippen LogP contribution in [0.1, 0.15) is 17.0 Å². The second kappa shape index (κ2) is 3.94. The molecule has 1 aromatic carbocycles. The van der Waals surface area contributed by atoms with Crippen LogP contribution in [0.4, 0.5) is 18.0 Å². The Kier molecular flexibility index (Phi) is 2.73. The molecule has 0 bridgehead atoms. The Morgan fingerprint density at radius 3 is 2.18 bits per heavy atom. The van der Waals surface area contributed by atoms with E-state index in [9.17, 15) is 18.0 Å². The highest BCUT2D eigenvalue weighted by molar-refractivity contribution is 5.73. The number of amides is 2. The first-order chi connectivity index (χ1) is 7.88. The molecule has 1 saturated heterocycles. The molecular weight excluding hydrogens is 233 g/mol. The summed E-state index contributed by atoms with van der Waals surface area (Å²) in [5, 5.41) is 0. The van der Waals surface area contributed by atoms with Crippen LogP contribution in [-0.4, -0.2) is 24.0 Å². The Morgan fingerprint density at radius 2 is 1.76 bits per heavy atom. The summed E-state index contributed by atoms with van der Waals surface area (Å²) in [6, 6.07) is 4.52. The van der Waals surface area contributed by atoms with Crippen molar-refractivity contribution in [3.05, 3.63) is 35.4 Å². The number of urea groups is 1. The molecule has 0 atom stereocenters. The van der Waals surface area contributed by atoms with Gasteiger partial charge in [-0.15, -0.1) is 0 Å². The van der Waals surface area contributed by atoms with E-state index in [1.807, 2.05) is 0 Å². The Labute approximate surface area is 96.0 Å². The van der Waals surface area contributed by atoms with Gasteiger partial charge in [-0.1, -0.05) is 12.1 Å². The average Bonchev–Trinajstić information content (AvgIpc) is 2.14. The molecule has 6 heteroatoms. The highest BCUT2D eigenvalue weighted by Crippen LogP contribution is 2.32. The normalized spacial score (nSPS) is 16.8. The topological polar surface area (TPSA) is 46.3 Å². The Bertz CT molecular complexity index is 421. The van der Waals surface area contributed by atoms with Gasteiger partial charge in [0.2, 0.25) is 0 Å². The summed E-state index contributed by atoms with van der Waals surface area (Å²) in [4.78, 5) is 12.2. The van der Waals surface area contributed by atoms with Gasteiger partial charge in [-0.2, -0.15) is 13.2 Å². The number of carbonyl (C=O) groups excluding carboxylic acids is 1. The maximum atomic E-state index is 12.3. The third kappa shape index (κ3) is 2.35. The van der Waals surface area contributed by atoms with E-state index in [4.69, 9.17) is 5.73 Å². The molecule has 1 aromatic rings. The number of alkyl halides is 3. The summed E-state index contributed by atoms with van der Waals surface area (Å²) >= 11 is 0. The van der Waals surface area contributed by atoms with E-state index in [2.05, 4.69) is 0 Å². The van der Waals surface area contributed by atoms with Crippen molar-refractivity contribution in [1.29, 1.82) is 0 Å². The van der Waals surface area contributed by atoms with Crippen molar-refractivity contribution in [2.75, 3.05) is 13.1 Å². The van der Waals surface area contributed by atoms with Crippen molar-refractivity contribution in [1.82, 2.24) is 4.90 Å². The monoisotopic (exact) mass is 244 g/mol. The third-order valence-corrected chi connectivity index (χ3v) is 2.90. The van der Waals surface area contributed by atoms with Crippen LogP contribution in [0.5, 0.6) is 0 Å². The predicted molar refractivity (Wildman–Crippen MR) is 55.3 cm³/mol. The van der Waals surface area contributed by atoms with E-state index in [0.717, 1.165) is 17.7 Å². The van der Waals surface area contributed by atoms with Crippen LogP contribution in [-0.2, 0) is 6.18 Å². The van der Waals surface area contributed by atoms with E-state index in [0.29, 0.717) is 13.1 Å². The lowest BCUT2D eigenvalue weighted by Crippen LogP contribution is -2.50. The molecule has 0 spiro atoms. The van der Waals surface area contributed by atoms with Crippen molar-refractivity contribution >= 4 is 6.03 Å². The molecule has 1 aliphatic heterocycles. The maximum absolute atomic E-state index is 12.3.